The van der Waals surface area contributed by atoms with E-state index in [1.807, 2.05) is 0 Å². The Kier molecular flexibility index (Phi) is 5.40. The predicted octanol–water partition coefficient (Wildman–Crippen LogP) is 1.99. The number of hydrogen-bond donors (Lipinski definition) is 1. The van der Waals surface area contributed by atoms with Gasteiger partial charge in [0.15, 0.2) is 0 Å². The summed E-state index contributed by atoms with van der Waals surface area (Å²) in [4.78, 5) is 2.56. The van der Waals surface area contributed by atoms with Gasteiger partial charge in [-0.05, 0) is 19.4 Å². The van der Waals surface area contributed by atoms with E-state index in [0.717, 1.165) is 19.1 Å². The Bertz CT molecular complexity index is 117. The van der Waals surface area contributed by atoms with E-state index in [0.29, 0.717) is 0 Å². The van der Waals surface area contributed by atoms with E-state index in [9.17, 15) is 0 Å². The van der Waals surface area contributed by atoms with Gasteiger partial charge in [-0.15, -0.1) is 0 Å². The SMILES string of the molecule is CCN(CCN)C1CCCCCC1. The van der Waals surface area contributed by atoms with Crippen molar-refractivity contribution in [2.45, 2.75) is 51.5 Å². The van der Waals surface area contributed by atoms with Crippen molar-refractivity contribution in [1.29, 1.82) is 0 Å². The van der Waals surface area contributed by atoms with E-state index >= 15 is 0 Å². The first kappa shape index (κ1) is 11.0. The molecule has 0 unspecified atom stereocenters. The highest BCUT2D eigenvalue weighted by Crippen LogP contribution is 2.21. The summed E-state index contributed by atoms with van der Waals surface area (Å²) >= 11 is 0. The standard InChI is InChI=1S/C11H24N2/c1-2-13(10-9-12)11-7-5-3-4-6-8-11/h11H,2-10,12H2,1H3. The zero-order valence-electron chi connectivity index (χ0n) is 8.97. The normalized spacial score (nSPS) is 20.5. The minimum absolute atomic E-state index is 0.810. The molecule has 1 rings (SSSR count). The maximum Gasteiger partial charge on any atom is 0.0107 e. The molecule has 2 nitrogen and oxygen atoms in total. The zero-order chi connectivity index (χ0) is 9.52. The van der Waals surface area contributed by atoms with Crippen molar-refractivity contribution in [3.05, 3.63) is 0 Å². The van der Waals surface area contributed by atoms with Crippen LogP contribution in [0.5, 0.6) is 0 Å². The Morgan fingerprint density at radius 2 is 1.77 bits per heavy atom. The second-order valence-electron chi connectivity index (χ2n) is 4.06. The Hall–Kier alpha value is -0.0800. The van der Waals surface area contributed by atoms with Gasteiger partial charge in [0.2, 0.25) is 0 Å². The van der Waals surface area contributed by atoms with E-state index in [4.69, 9.17) is 5.73 Å². The van der Waals surface area contributed by atoms with Crippen molar-refractivity contribution in [2.24, 2.45) is 5.73 Å². The fraction of sp³-hybridized carbons (Fsp3) is 1.00. The molecule has 0 atom stereocenters. The Labute approximate surface area is 82.5 Å². The van der Waals surface area contributed by atoms with Crippen LogP contribution < -0.4 is 5.73 Å². The number of nitrogens with zero attached hydrogens (tertiary/aromatic N) is 1. The quantitative estimate of drug-likeness (QED) is 0.677. The van der Waals surface area contributed by atoms with E-state index in [-0.39, 0.29) is 0 Å². The lowest BCUT2D eigenvalue weighted by molar-refractivity contribution is 0.193. The van der Waals surface area contributed by atoms with Crippen LogP contribution in [0, 0.1) is 0 Å². The zero-order valence-corrected chi connectivity index (χ0v) is 8.97. The van der Waals surface area contributed by atoms with Crippen LogP contribution in [0.25, 0.3) is 0 Å². The molecule has 0 aliphatic heterocycles. The lowest BCUT2D eigenvalue weighted by Crippen LogP contribution is -2.38. The van der Waals surface area contributed by atoms with Crippen LogP contribution in [0.2, 0.25) is 0 Å². The van der Waals surface area contributed by atoms with Crippen molar-refractivity contribution < 1.29 is 0 Å². The summed E-state index contributed by atoms with van der Waals surface area (Å²) in [6.07, 6.45) is 8.52. The van der Waals surface area contributed by atoms with E-state index in [1.165, 1.54) is 45.1 Å². The van der Waals surface area contributed by atoms with Gasteiger partial charge in [0.1, 0.15) is 0 Å². The molecule has 0 aromatic heterocycles. The van der Waals surface area contributed by atoms with Crippen molar-refractivity contribution >= 4 is 0 Å². The van der Waals surface area contributed by atoms with Gasteiger partial charge in [0.05, 0.1) is 0 Å². The molecule has 0 heterocycles. The topological polar surface area (TPSA) is 29.3 Å². The van der Waals surface area contributed by atoms with Crippen molar-refractivity contribution in [2.75, 3.05) is 19.6 Å². The second kappa shape index (κ2) is 6.39. The smallest absolute Gasteiger partial charge is 0.0107 e. The summed E-state index contributed by atoms with van der Waals surface area (Å²) < 4.78 is 0. The highest BCUT2D eigenvalue weighted by Gasteiger charge is 2.17. The van der Waals surface area contributed by atoms with Gasteiger partial charge in [-0.3, -0.25) is 4.90 Å². The van der Waals surface area contributed by atoms with Crippen LogP contribution in [0.1, 0.15) is 45.4 Å². The van der Waals surface area contributed by atoms with Gasteiger partial charge in [-0.2, -0.15) is 0 Å². The highest BCUT2D eigenvalue weighted by atomic mass is 15.2. The molecule has 0 aromatic rings. The Morgan fingerprint density at radius 1 is 1.15 bits per heavy atom. The Balaban J connectivity index is 2.35. The maximum atomic E-state index is 5.61. The Morgan fingerprint density at radius 3 is 2.23 bits per heavy atom. The second-order valence-corrected chi connectivity index (χ2v) is 4.06. The summed E-state index contributed by atoms with van der Waals surface area (Å²) in [5.74, 6) is 0. The van der Waals surface area contributed by atoms with E-state index < -0.39 is 0 Å². The average Bonchev–Trinajstić information content (AvgIpc) is 2.42. The lowest BCUT2D eigenvalue weighted by Gasteiger charge is -2.29. The summed E-state index contributed by atoms with van der Waals surface area (Å²) in [6, 6.07) is 0.830. The van der Waals surface area contributed by atoms with Gasteiger partial charge in [-0.1, -0.05) is 32.6 Å². The van der Waals surface area contributed by atoms with Crippen LogP contribution in [0.3, 0.4) is 0 Å². The van der Waals surface area contributed by atoms with E-state index in [2.05, 4.69) is 11.8 Å². The lowest BCUT2D eigenvalue weighted by atomic mass is 10.1. The van der Waals surface area contributed by atoms with Gasteiger partial charge < -0.3 is 5.73 Å². The van der Waals surface area contributed by atoms with Crippen LogP contribution in [-0.4, -0.2) is 30.6 Å². The van der Waals surface area contributed by atoms with Gasteiger partial charge in [-0.25, -0.2) is 0 Å². The summed E-state index contributed by atoms with van der Waals surface area (Å²) in [7, 11) is 0. The largest absolute Gasteiger partial charge is 0.329 e. The number of rotatable bonds is 4. The molecule has 13 heavy (non-hydrogen) atoms. The van der Waals surface area contributed by atoms with Crippen molar-refractivity contribution in [3.63, 3.8) is 0 Å². The first-order valence-corrected chi connectivity index (χ1v) is 5.82. The fourth-order valence-electron chi connectivity index (χ4n) is 2.39. The molecule has 0 bridgehead atoms. The molecule has 0 aromatic carbocycles. The molecule has 2 heteroatoms. The molecule has 0 radical (unpaired) electrons. The minimum atomic E-state index is 0.810. The van der Waals surface area contributed by atoms with Crippen LogP contribution >= 0.6 is 0 Å². The molecule has 0 spiro atoms. The molecule has 78 valence electrons. The molecular formula is C11H24N2. The summed E-state index contributed by atoms with van der Waals surface area (Å²) in [6.45, 7) is 5.31. The molecule has 0 saturated heterocycles. The van der Waals surface area contributed by atoms with Crippen LogP contribution in [0.15, 0.2) is 0 Å². The third-order valence-corrected chi connectivity index (χ3v) is 3.16. The summed E-state index contributed by atoms with van der Waals surface area (Å²) in [5, 5.41) is 0. The highest BCUT2D eigenvalue weighted by molar-refractivity contribution is 4.73. The molecule has 1 aliphatic carbocycles. The first-order valence-electron chi connectivity index (χ1n) is 5.82. The first-order chi connectivity index (χ1) is 6.38. The molecule has 0 amide bonds. The third kappa shape index (κ3) is 3.65. The molecule has 1 fully saturated rings. The minimum Gasteiger partial charge on any atom is -0.329 e. The van der Waals surface area contributed by atoms with Crippen molar-refractivity contribution in [3.8, 4) is 0 Å². The van der Waals surface area contributed by atoms with Crippen molar-refractivity contribution in [1.82, 2.24) is 4.90 Å². The number of hydrogen-bond acceptors (Lipinski definition) is 2. The maximum absolute atomic E-state index is 5.61. The summed E-state index contributed by atoms with van der Waals surface area (Å²) in [5.41, 5.74) is 5.61. The van der Waals surface area contributed by atoms with E-state index in [1.54, 1.807) is 0 Å². The van der Waals surface area contributed by atoms with Crippen LogP contribution in [-0.2, 0) is 0 Å². The third-order valence-electron chi connectivity index (χ3n) is 3.16. The average molecular weight is 184 g/mol. The van der Waals surface area contributed by atoms with Crippen LogP contribution in [0.4, 0.5) is 0 Å². The number of nitrogens with two attached hydrogens (primary N) is 1. The monoisotopic (exact) mass is 184 g/mol. The van der Waals surface area contributed by atoms with Gasteiger partial charge in [0.25, 0.3) is 0 Å². The van der Waals surface area contributed by atoms with Gasteiger partial charge >= 0.3 is 0 Å². The fourth-order valence-corrected chi connectivity index (χ4v) is 2.39. The predicted molar refractivity (Wildman–Crippen MR) is 57.8 cm³/mol. The molecular weight excluding hydrogens is 160 g/mol. The molecule has 2 N–H and O–H groups in total. The van der Waals surface area contributed by atoms with Gasteiger partial charge in [0, 0.05) is 19.1 Å². The molecule has 1 saturated carbocycles. The number of likely N-dealkylation sites (N-methyl/N-ethyl adjacent to an activating group) is 1. The molecule has 1 aliphatic rings.